The fourth-order valence-electron chi connectivity index (χ4n) is 3.78. The van der Waals surface area contributed by atoms with Crippen LogP contribution in [0.1, 0.15) is 28.0 Å². The van der Waals surface area contributed by atoms with Crippen LogP contribution in [-0.4, -0.2) is 16.5 Å². The molecule has 3 aromatic rings. The molecule has 1 aliphatic heterocycles. The summed E-state index contributed by atoms with van der Waals surface area (Å²) < 4.78 is 53.4. The first-order valence-corrected chi connectivity index (χ1v) is 10.9. The van der Waals surface area contributed by atoms with Crippen molar-refractivity contribution in [2.75, 3.05) is 5.32 Å². The van der Waals surface area contributed by atoms with Gasteiger partial charge in [0.1, 0.15) is 11.5 Å². The second-order valence-electron chi connectivity index (χ2n) is 7.50. The average molecular weight is 446 g/mol. The number of amides is 1. The Kier molecular flexibility index (Phi) is 5.97. The highest BCUT2D eigenvalue weighted by Crippen LogP contribution is 2.27. The van der Waals surface area contributed by atoms with Gasteiger partial charge in [-0.2, -0.15) is 0 Å². The predicted molar refractivity (Wildman–Crippen MR) is 113 cm³/mol. The summed E-state index contributed by atoms with van der Waals surface area (Å²) in [6.45, 7) is 0. The molecule has 162 valence electrons. The number of benzene rings is 2. The number of rotatable bonds is 4. The number of carbonyl (C=O) groups is 1. The van der Waals surface area contributed by atoms with Crippen molar-refractivity contribution < 1.29 is 18.0 Å². The summed E-state index contributed by atoms with van der Waals surface area (Å²) in [5.74, 6) is -2.75. The van der Waals surface area contributed by atoms with Crippen molar-refractivity contribution in [3.8, 4) is 0 Å². The van der Waals surface area contributed by atoms with Gasteiger partial charge in [-0.1, -0.05) is 12.1 Å². The Balaban J connectivity index is 1.54. The summed E-state index contributed by atoms with van der Waals surface area (Å²) in [4.78, 5) is 13.7. The summed E-state index contributed by atoms with van der Waals surface area (Å²) in [5.41, 5.74) is 2.30. The Labute approximate surface area is 180 Å². The molecule has 0 saturated heterocycles. The van der Waals surface area contributed by atoms with Crippen LogP contribution in [0.15, 0.2) is 53.6 Å². The van der Waals surface area contributed by atoms with Crippen LogP contribution in [0, 0.1) is 22.2 Å². The molecule has 0 bridgehead atoms. The standard InChI is InChI=1S/C22H21F3N4OS/c1-29-12-20-17(21(29)22(30)27-15-7-9-18(24)19(25)11-15)8-6-16(28-31(20)26)10-13-2-4-14(23)5-3-13/h2-5,7,9,11-12,16H,6,8,10H2,1H3,(H2,26,28)(H,27,30). The van der Waals surface area contributed by atoms with E-state index in [9.17, 15) is 18.0 Å². The normalized spacial score (nSPS) is 18.3. The lowest BCUT2D eigenvalue weighted by atomic mass is 9.99. The number of nitrogens with one attached hydrogen (secondary N) is 3. The minimum absolute atomic E-state index is 0.00565. The summed E-state index contributed by atoms with van der Waals surface area (Å²) in [6, 6.07) is 9.50. The monoisotopic (exact) mass is 446 g/mol. The average Bonchev–Trinajstić information content (AvgIpc) is 2.99. The molecule has 1 aromatic heterocycles. The van der Waals surface area contributed by atoms with E-state index in [0.717, 1.165) is 28.2 Å². The van der Waals surface area contributed by atoms with Crippen LogP contribution in [0.5, 0.6) is 0 Å². The predicted octanol–water partition coefficient (Wildman–Crippen LogP) is 4.50. The molecular weight excluding hydrogens is 425 g/mol. The van der Waals surface area contributed by atoms with Crippen molar-refractivity contribution in [1.82, 2.24) is 9.29 Å². The van der Waals surface area contributed by atoms with Crippen molar-refractivity contribution in [2.45, 2.75) is 30.2 Å². The topological polar surface area (TPSA) is 69.9 Å². The van der Waals surface area contributed by atoms with E-state index in [1.54, 1.807) is 29.9 Å². The van der Waals surface area contributed by atoms with E-state index >= 15 is 0 Å². The van der Waals surface area contributed by atoms with Crippen LogP contribution in [0.3, 0.4) is 0 Å². The lowest BCUT2D eigenvalue weighted by Gasteiger charge is -2.16. The van der Waals surface area contributed by atoms with Crippen LogP contribution in [0.4, 0.5) is 18.9 Å². The smallest absolute Gasteiger partial charge is 0.272 e. The highest BCUT2D eigenvalue weighted by atomic mass is 32.2. The first-order valence-electron chi connectivity index (χ1n) is 9.72. The molecule has 9 heteroatoms. The van der Waals surface area contributed by atoms with Crippen molar-refractivity contribution in [1.29, 1.82) is 4.78 Å². The zero-order valence-electron chi connectivity index (χ0n) is 16.7. The number of halogens is 3. The zero-order chi connectivity index (χ0) is 22.1. The van der Waals surface area contributed by atoms with E-state index in [1.807, 2.05) is 0 Å². The Bertz CT molecular complexity index is 1160. The van der Waals surface area contributed by atoms with Crippen LogP contribution < -0.4 is 10.0 Å². The molecule has 4 rings (SSSR count). The van der Waals surface area contributed by atoms with Crippen molar-refractivity contribution >= 4 is 22.5 Å². The highest BCUT2D eigenvalue weighted by Gasteiger charge is 2.27. The van der Waals surface area contributed by atoms with Crippen LogP contribution in [0.2, 0.25) is 0 Å². The molecule has 0 fully saturated rings. The van der Waals surface area contributed by atoms with Gasteiger partial charge in [-0.3, -0.25) is 9.57 Å². The first-order chi connectivity index (χ1) is 14.8. The third-order valence-electron chi connectivity index (χ3n) is 5.28. The Morgan fingerprint density at radius 1 is 1.19 bits per heavy atom. The Hall–Kier alpha value is -2.91. The zero-order valence-corrected chi connectivity index (χ0v) is 17.5. The van der Waals surface area contributed by atoms with Crippen molar-refractivity contribution in [3.63, 3.8) is 0 Å². The number of anilines is 1. The van der Waals surface area contributed by atoms with Gasteiger partial charge in [0, 0.05) is 31.0 Å². The van der Waals surface area contributed by atoms with E-state index in [-0.39, 0.29) is 17.5 Å². The SMILES string of the molecule is Cn1cc2c(c1C(=O)Nc1ccc(F)c(F)c1)CCC(Cc1ccc(F)cc1)NS2=N. The maximum Gasteiger partial charge on any atom is 0.272 e. The number of hydrogen-bond donors (Lipinski definition) is 3. The first kappa shape index (κ1) is 21.3. The van der Waals surface area contributed by atoms with Gasteiger partial charge < -0.3 is 9.88 Å². The Morgan fingerprint density at radius 3 is 2.65 bits per heavy atom. The lowest BCUT2D eigenvalue weighted by Crippen LogP contribution is -2.31. The number of nitrogens with zero attached hydrogens (tertiary/aromatic N) is 1. The third kappa shape index (κ3) is 4.57. The van der Waals surface area contributed by atoms with Crippen LogP contribution >= 0.6 is 0 Å². The summed E-state index contributed by atoms with van der Waals surface area (Å²) in [7, 11) is 0.690. The van der Waals surface area contributed by atoms with Gasteiger partial charge in [0.2, 0.25) is 0 Å². The van der Waals surface area contributed by atoms with Gasteiger partial charge in [0.05, 0.1) is 4.90 Å². The second-order valence-corrected chi connectivity index (χ2v) is 8.79. The van der Waals surface area contributed by atoms with E-state index < -0.39 is 28.4 Å². The molecule has 0 aliphatic carbocycles. The molecule has 31 heavy (non-hydrogen) atoms. The van der Waals surface area contributed by atoms with Crippen LogP contribution in [0.25, 0.3) is 0 Å². The minimum Gasteiger partial charge on any atom is -0.345 e. The molecule has 2 aromatic carbocycles. The summed E-state index contributed by atoms with van der Waals surface area (Å²) >= 11 is 0. The van der Waals surface area contributed by atoms with Gasteiger partial charge >= 0.3 is 0 Å². The number of hydrogen-bond acceptors (Lipinski definition) is 2. The highest BCUT2D eigenvalue weighted by molar-refractivity contribution is 7.84. The van der Waals surface area contributed by atoms with Crippen molar-refractivity contribution in [2.24, 2.45) is 7.05 Å². The van der Waals surface area contributed by atoms with E-state index in [2.05, 4.69) is 10.0 Å². The lowest BCUT2D eigenvalue weighted by molar-refractivity contribution is 0.101. The molecule has 2 unspecified atom stereocenters. The van der Waals surface area contributed by atoms with Gasteiger partial charge in [-0.25, -0.2) is 17.9 Å². The van der Waals surface area contributed by atoms with Crippen LogP contribution in [-0.2, 0) is 30.8 Å². The van der Waals surface area contributed by atoms with Crippen molar-refractivity contribution in [3.05, 3.63) is 82.9 Å². The molecule has 1 aliphatic rings. The summed E-state index contributed by atoms with van der Waals surface area (Å²) in [5, 5.41) is 2.61. The fraction of sp³-hybridized carbons (Fsp3) is 0.227. The quantitative estimate of drug-likeness (QED) is 0.553. The molecule has 2 heterocycles. The van der Waals surface area contributed by atoms with E-state index in [1.165, 1.54) is 18.2 Å². The Morgan fingerprint density at radius 2 is 1.94 bits per heavy atom. The number of aryl methyl sites for hydroxylation is 1. The molecule has 2 atom stereocenters. The van der Waals surface area contributed by atoms with Gasteiger partial charge in [0.25, 0.3) is 5.91 Å². The minimum atomic E-state index is -1.04. The second kappa shape index (κ2) is 8.68. The summed E-state index contributed by atoms with van der Waals surface area (Å²) in [6.07, 6.45) is 3.69. The molecular formula is C22H21F3N4OS. The van der Waals surface area contributed by atoms with Gasteiger partial charge in [-0.15, -0.1) is 0 Å². The molecule has 0 radical (unpaired) electrons. The number of carbonyl (C=O) groups excluding carboxylic acids is 1. The van der Waals surface area contributed by atoms with Gasteiger partial charge in [-0.05, 0) is 65.5 Å². The van der Waals surface area contributed by atoms with E-state index in [0.29, 0.717) is 25.0 Å². The number of aromatic nitrogens is 1. The van der Waals surface area contributed by atoms with E-state index in [4.69, 9.17) is 4.78 Å². The largest absolute Gasteiger partial charge is 0.345 e. The van der Waals surface area contributed by atoms with Gasteiger partial charge in [0.15, 0.2) is 11.6 Å². The third-order valence-corrected chi connectivity index (χ3v) is 6.64. The molecule has 1 amide bonds. The maximum atomic E-state index is 13.5. The fourth-order valence-corrected chi connectivity index (χ4v) is 5.15. The number of fused-ring (bicyclic) bond motifs is 1. The molecule has 5 nitrogen and oxygen atoms in total. The molecule has 3 N–H and O–H groups in total. The molecule has 0 saturated carbocycles. The molecule has 0 spiro atoms. The maximum absolute atomic E-state index is 13.5.